The highest BCUT2D eigenvalue weighted by Crippen LogP contribution is 2.69. The Morgan fingerprint density at radius 3 is 2.40 bits per heavy atom. The van der Waals surface area contributed by atoms with Crippen LogP contribution in [0.2, 0.25) is 5.02 Å². The maximum absolute atomic E-state index is 9.45. The minimum atomic E-state index is 0.110. The summed E-state index contributed by atoms with van der Waals surface area (Å²) >= 11 is 6.51. The molecule has 1 aromatic carbocycles. The van der Waals surface area contributed by atoms with E-state index in [0.717, 1.165) is 23.7 Å². The molecule has 4 bridgehead atoms. The number of rotatable bonds is 0. The first-order valence-electron chi connectivity index (χ1n) is 9.40. The van der Waals surface area contributed by atoms with Crippen LogP contribution in [0.4, 0.5) is 0 Å². The summed E-state index contributed by atoms with van der Waals surface area (Å²) in [4.78, 5) is 4.41. The molecule has 25 heavy (non-hydrogen) atoms. The van der Waals surface area contributed by atoms with Crippen molar-refractivity contribution in [1.82, 2.24) is 4.98 Å². The fraction of sp³-hybridized carbons (Fsp3) is 0.455. The van der Waals surface area contributed by atoms with Gasteiger partial charge in [-0.3, -0.25) is 4.98 Å². The van der Waals surface area contributed by atoms with Gasteiger partial charge in [0.05, 0.1) is 10.6 Å². The van der Waals surface area contributed by atoms with E-state index in [-0.39, 0.29) is 5.41 Å². The van der Waals surface area contributed by atoms with E-state index in [1.165, 1.54) is 54.4 Å². The molecule has 7 rings (SSSR count). The highest BCUT2D eigenvalue weighted by atomic mass is 35.5. The second-order valence-electron chi connectivity index (χ2n) is 8.58. The van der Waals surface area contributed by atoms with Crippen LogP contribution >= 0.6 is 11.6 Å². The predicted octanol–water partition coefficient (Wildman–Crippen LogP) is 5.33. The molecule has 0 N–H and O–H groups in total. The summed E-state index contributed by atoms with van der Waals surface area (Å²) in [5.41, 5.74) is 5.97. The summed E-state index contributed by atoms with van der Waals surface area (Å²) in [6.45, 7) is 0. The molecule has 0 unspecified atom stereocenters. The summed E-state index contributed by atoms with van der Waals surface area (Å²) in [5, 5.41) is 10.1. The first-order valence-corrected chi connectivity index (χ1v) is 9.78. The van der Waals surface area contributed by atoms with Gasteiger partial charge in [-0.25, -0.2) is 0 Å². The molecule has 1 spiro atoms. The lowest BCUT2D eigenvalue weighted by molar-refractivity contribution is -0.0399. The van der Waals surface area contributed by atoms with E-state index in [4.69, 9.17) is 11.6 Å². The van der Waals surface area contributed by atoms with Crippen LogP contribution in [-0.4, -0.2) is 4.98 Å². The zero-order valence-corrected chi connectivity index (χ0v) is 14.8. The molecule has 2 nitrogen and oxygen atoms in total. The lowest BCUT2D eigenvalue weighted by Crippen LogP contribution is -2.55. The molecule has 0 saturated heterocycles. The van der Waals surface area contributed by atoms with Crippen LogP contribution in [0.5, 0.6) is 0 Å². The summed E-state index contributed by atoms with van der Waals surface area (Å²) < 4.78 is 0. The lowest BCUT2D eigenvalue weighted by Gasteiger charge is -2.61. The van der Waals surface area contributed by atoms with Gasteiger partial charge in [0.25, 0.3) is 0 Å². The van der Waals surface area contributed by atoms with Crippen molar-refractivity contribution < 1.29 is 0 Å². The fourth-order valence-corrected chi connectivity index (χ4v) is 7.35. The van der Waals surface area contributed by atoms with Crippen molar-refractivity contribution in [2.75, 3.05) is 0 Å². The van der Waals surface area contributed by atoms with Crippen LogP contribution in [0.15, 0.2) is 30.6 Å². The fourth-order valence-electron chi connectivity index (χ4n) is 7.15. The Balaban J connectivity index is 1.69. The van der Waals surface area contributed by atoms with Gasteiger partial charge in [0.15, 0.2) is 0 Å². The van der Waals surface area contributed by atoms with Crippen LogP contribution in [0, 0.1) is 35.0 Å². The number of fused-ring (bicyclic) bond motifs is 3. The zero-order chi connectivity index (χ0) is 16.8. The zero-order valence-electron chi connectivity index (χ0n) is 14.0. The van der Waals surface area contributed by atoms with Crippen molar-refractivity contribution >= 4 is 11.6 Å². The van der Waals surface area contributed by atoms with E-state index in [1.807, 2.05) is 18.5 Å². The molecular weight excluding hydrogens is 328 g/mol. The van der Waals surface area contributed by atoms with Crippen LogP contribution < -0.4 is 0 Å². The van der Waals surface area contributed by atoms with Crippen LogP contribution in [0.25, 0.3) is 11.1 Å². The van der Waals surface area contributed by atoms with Gasteiger partial charge in [0.1, 0.15) is 6.07 Å². The third-order valence-electron chi connectivity index (χ3n) is 7.66. The second-order valence-corrected chi connectivity index (χ2v) is 8.99. The Hall–Kier alpha value is -1.85. The molecule has 124 valence electrons. The predicted molar refractivity (Wildman–Crippen MR) is 97.2 cm³/mol. The first-order chi connectivity index (χ1) is 12.2. The normalized spacial score (nSPS) is 36.3. The molecule has 3 heteroatoms. The second kappa shape index (κ2) is 4.65. The molecule has 4 saturated carbocycles. The minimum Gasteiger partial charge on any atom is -0.264 e. The SMILES string of the molecule is N#Cc1cc2c(cc1Cl)C1(c3ccncc3-2)C2CC3CC(C2)CC1C3. The minimum absolute atomic E-state index is 0.110. The van der Waals surface area contributed by atoms with Gasteiger partial charge in [-0.05, 0) is 90.7 Å². The Labute approximate surface area is 152 Å². The van der Waals surface area contributed by atoms with E-state index in [0.29, 0.717) is 10.6 Å². The topological polar surface area (TPSA) is 36.7 Å². The number of nitriles is 1. The third kappa shape index (κ3) is 1.59. The number of halogens is 1. The van der Waals surface area contributed by atoms with Gasteiger partial charge >= 0.3 is 0 Å². The molecule has 5 aliphatic rings. The Kier molecular flexibility index (Phi) is 2.67. The first kappa shape index (κ1) is 14.3. The number of hydrogen-bond acceptors (Lipinski definition) is 2. The van der Waals surface area contributed by atoms with Gasteiger partial charge in [0.2, 0.25) is 0 Å². The van der Waals surface area contributed by atoms with Crippen molar-refractivity contribution in [2.45, 2.75) is 37.5 Å². The number of pyridine rings is 1. The molecule has 4 fully saturated rings. The van der Waals surface area contributed by atoms with Gasteiger partial charge < -0.3 is 0 Å². The molecule has 0 amide bonds. The summed E-state index contributed by atoms with van der Waals surface area (Å²) in [5.74, 6) is 3.29. The van der Waals surface area contributed by atoms with Crippen molar-refractivity contribution in [3.05, 3.63) is 52.3 Å². The van der Waals surface area contributed by atoms with Crippen LogP contribution in [-0.2, 0) is 5.41 Å². The van der Waals surface area contributed by atoms with Crippen molar-refractivity contribution in [3.8, 4) is 17.2 Å². The van der Waals surface area contributed by atoms with Crippen molar-refractivity contribution in [2.24, 2.45) is 23.7 Å². The van der Waals surface area contributed by atoms with E-state index >= 15 is 0 Å². The Morgan fingerprint density at radius 2 is 1.72 bits per heavy atom. The average molecular weight is 347 g/mol. The maximum atomic E-state index is 9.45. The Morgan fingerprint density at radius 1 is 1.00 bits per heavy atom. The van der Waals surface area contributed by atoms with Crippen molar-refractivity contribution in [3.63, 3.8) is 0 Å². The Bertz CT molecular complexity index is 927. The molecular formula is C22H19ClN2. The van der Waals surface area contributed by atoms with E-state index in [2.05, 4.69) is 23.2 Å². The van der Waals surface area contributed by atoms with Crippen molar-refractivity contribution in [1.29, 1.82) is 5.26 Å². The van der Waals surface area contributed by atoms with Crippen LogP contribution in [0.3, 0.4) is 0 Å². The average Bonchev–Trinajstić information content (AvgIpc) is 2.89. The molecule has 1 aromatic heterocycles. The van der Waals surface area contributed by atoms with Gasteiger partial charge in [-0.1, -0.05) is 11.6 Å². The molecule has 2 aromatic rings. The van der Waals surface area contributed by atoms with E-state index < -0.39 is 0 Å². The smallest absolute Gasteiger partial charge is 0.101 e. The number of aromatic nitrogens is 1. The summed E-state index contributed by atoms with van der Waals surface area (Å²) in [7, 11) is 0. The molecule has 1 heterocycles. The summed E-state index contributed by atoms with van der Waals surface area (Å²) in [6.07, 6.45) is 10.8. The molecule has 0 radical (unpaired) electrons. The van der Waals surface area contributed by atoms with Crippen LogP contribution in [0.1, 0.15) is 48.8 Å². The lowest BCUT2D eigenvalue weighted by atomic mass is 9.43. The number of hydrogen-bond donors (Lipinski definition) is 0. The number of benzene rings is 1. The highest BCUT2D eigenvalue weighted by Gasteiger charge is 2.61. The monoisotopic (exact) mass is 346 g/mol. The number of nitrogens with zero attached hydrogens (tertiary/aromatic N) is 2. The van der Waals surface area contributed by atoms with Gasteiger partial charge in [0, 0.05) is 23.4 Å². The van der Waals surface area contributed by atoms with Gasteiger partial charge in [-0.15, -0.1) is 0 Å². The molecule has 0 atom stereocenters. The van der Waals surface area contributed by atoms with Gasteiger partial charge in [-0.2, -0.15) is 5.26 Å². The molecule has 5 aliphatic carbocycles. The van der Waals surface area contributed by atoms with E-state index in [1.54, 1.807) is 0 Å². The quantitative estimate of drug-likeness (QED) is 0.646. The standard InChI is InChI=1S/C22H19ClN2/c23-21-9-20-17(8-14(21)10-24)18-11-25-2-1-19(18)22(20)15-4-12-3-13(6-15)7-16(22)5-12/h1-2,8-9,11-13,15-16H,3-7H2. The largest absolute Gasteiger partial charge is 0.264 e. The third-order valence-corrected chi connectivity index (χ3v) is 7.97. The summed E-state index contributed by atoms with van der Waals surface area (Å²) in [6, 6.07) is 8.64. The maximum Gasteiger partial charge on any atom is 0.101 e. The highest BCUT2D eigenvalue weighted by molar-refractivity contribution is 6.32. The van der Waals surface area contributed by atoms with E-state index in [9.17, 15) is 5.26 Å². The molecule has 0 aliphatic heterocycles.